The van der Waals surface area contributed by atoms with E-state index in [2.05, 4.69) is 65.7 Å². The Kier molecular flexibility index (Phi) is 11.7. The van der Waals surface area contributed by atoms with Crippen molar-refractivity contribution in [3.8, 4) is 11.4 Å². The van der Waals surface area contributed by atoms with Gasteiger partial charge in [-0.3, -0.25) is 0 Å². The van der Waals surface area contributed by atoms with E-state index in [-0.39, 0.29) is 0 Å². The fraction of sp³-hybridized carbons (Fsp3) is 0.654. The van der Waals surface area contributed by atoms with Crippen LogP contribution < -0.4 is 4.57 Å². The van der Waals surface area contributed by atoms with Gasteiger partial charge in [0.1, 0.15) is 12.4 Å². The lowest BCUT2D eigenvalue weighted by Crippen LogP contribution is -2.34. The third-order valence-corrected chi connectivity index (χ3v) is 5.76. The van der Waals surface area contributed by atoms with Crippen LogP contribution in [-0.4, -0.2) is 4.57 Å². The van der Waals surface area contributed by atoms with Crippen LogP contribution in [0.4, 0.5) is 0 Å². The van der Waals surface area contributed by atoms with Crippen LogP contribution >= 0.6 is 0 Å². The third kappa shape index (κ3) is 8.20. The van der Waals surface area contributed by atoms with E-state index in [1.807, 2.05) is 0 Å². The summed E-state index contributed by atoms with van der Waals surface area (Å²) in [4.78, 5) is 0. The van der Waals surface area contributed by atoms with E-state index in [4.69, 9.17) is 0 Å². The zero-order valence-corrected chi connectivity index (χ0v) is 18.5. The Labute approximate surface area is 174 Å². The van der Waals surface area contributed by atoms with Crippen LogP contribution in [0.1, 0.15) is 97.3 Å². The van der Waals surface area contributed by atoms with Crippen molar-refractivity contribution < 1.29 is 4.57 Å². The molecule has 1 aromatic heterocycles. The second kappa shape index (κ2) is 14.4. The molecule has 28 heavy (non-hydrogen) atoms. The lowest BCUT2D eigenvalue weighted by atomic mass is 10.1. The Hall–Kier alpha value is -1.57. The zero-order valence-electron chi connectivity index (χ0n) is 18.5. The topological polar surface area (TPSA) is 8.81 Å². The molecule has 0 aliphatic carbocycles. The van der Waals surface area contributed by atoms with Gasteiger partial charge in [-0.05, 0) is 37.8 Å². The quantitative estimate of drug-likeness (QED) is 0.209. The molecule has 0 amide bonds. The van der Waals surface area contributed by atoms with Crippen molar-refractivity contribution in [2.75, 3.05) is 0 Å². The van der Waals surface area contributed by atoms with E-state index in [0.29, 0.717) is 0 Å². The van der Waals surface area contributed by atoms with Crippen molar-refractivity contribution >= 4 is 0 Å². The van der Waals surface area contributed by atoms with Gasteiger partial charge in [0, 0.05) is 0 Å². The summed E-state index contributed by atoms with van der Waals surface area (Å²) in [5, 5.41) is 0. The SMILES string of the molecule is CCCCCCCCCCCn1cc[n+](CCCCCC)c1-c1ccccc1. The van der Waals surface area contributed by atoms with Crippen LogP contribution in [-0.2, 0) is 13.1 Å². The first kappa shape index (κ1) is 22.7. The first-order chi connectivity index (χ1) is 13.9. The number of aryl methyl sites for hydroxylation is 2. The molecule has 1 heterocycles. The number of hydrogen-bond acceptors (Lipinski definition) is 0. The van der Waals surface area contributed by atoms with Gasteiger partial charge >= 0.3 is 0 Å². The Morgan fingerprint density at radius 3 is 1.89 bits per heavy atom. The molecular weight excluding hydrogens is 340 g/mol. The smallest absolute Gasteiger partial charge is 0.230 e. The van der Waals surface area contributed by atoms with Crippen molar-refractivity contribution in [1.82, 2.24) is 4.57 Å². The lowest BCUT2D eigenvalue weighted by Gasteiger charge is -2.06. The predicted molar refractivity (Wildman–Crippen MR) is 121 cm³/mol. The van der Waals surface area contributed by atoms with Gasteiger partial charge in [0.25, 0.3) is 5.82 Å². The molecule has 0 N–H and O–H groups in total. The summed E-state index contributed by atoms with van der Waals surface area (Å²) < 4.78 is 4.95. The highest BCUT2D eigenvalue weighted by atomic mass is 15.1. The van der Waals surface area contributed by atoms with Gasteiger partial charge < -0.3 is 0 Å². The average molecular weight is 384 g/mol. The third-order valence-electron chi connectivity index (χ3n) is 5.76. The van der Waals surface area contributed by atoms with Crippen LogP contribution in [0, 0.1) is 0 Å². The van der Waals surface area contributed by atoms with Crippen LogP contribution in [0.25, 0.3) is 11.4 Å². The standard InChI is InChI=1S/C26H43N2/c1-3-5-7-9-10-11-12-13-18-22-28-24-23-27(21-17-8-6-4-2)26(28)25-19-15-14-16-20-25/h14-16,19-20,23-24H,3-13,17-18,21-22H2,1-2H3/q+1. The second-order valence-electron chi connectivity index (χ2n) is 8.26. The Morgan fingerprint density at radius 2 is 1.25 bits per heavy atom. The van der Waals surface area contributed by atoms with E-state index >= 15 is 0 Å². The summed E-state index contributed by atoms with van der Waals surface area (Å²) in [7, 11) is 0. The van der Waals surface area contributed by atoms with Crippen molar-refractivity contribution in [1.29, 1.82) is 0 Å². The van der Waals surface area contributed by atoms with E-state index in [9.17, 15) is 0 Å². The molecule has 0 atom stereocenters. The molecule has 2 nitrogen and oxygen atoms in total. The van der Waals surface area contributed by atoms with Crippen LogP contribution in [0.3, 0.4) is 0 Å². The van der Waals surface area contributed by atoms with Gasteiger partial charge in [0.05, 0.1) is 18.7 Å². The van der Waals surface area contributed by atoms with Gasteiger partial charge in [-0.1, -0.05) is 89.8 Å². The molecule has 0 aliphatic heterocycles. The molecule has 0 radical (unpaired) electrons. The van der Waals surface area contributed by atoms with E-state index in [0.717, 1.165) is 13.1 Å². The minimum absolute atomic E-state index is 1.13. The Morgan fingerprint density at radius 1 is 0.679 bits per heavy atom. The number of hydrogen-bond donors (Lipinski definition) is 0. The summed E-state index contributed by atoms with van der Waals surface area (Å²) in [6.45, 7) is 6.85. The van der Waals surface area contributed by atoms with Crippen LogP contribution in [0.15, 0.2) is 42.7 Å². The Bertz CT molecular complexity index is 615. The minimum Gasteiger partial charge on any atom is -0.230 e. The van der Waals surface area contributed by atoms with Gasteiger partial charge in [-0.25, -0.2) is 9.13 Å². The fourth-order valence-corrected chi connectivity index (χ4v) is 4.05. The number of unbranched alkanes of at least 4 members (excludes halogenated alkanes) is 11. The van der Waals surface area contributed by atoms with Gasteiger partial charge in [-0.2, -0.15) is 0 Å². The van der Waals surface area contributed by atoms with Gasteiger partial charge in [-0.15, -0.1) is 0 Å². The molecule has 2 heteroatoms. The molecule has 0 bridgehead atoms. The van der Waals surface area contributed by atoms with Crippen molar-refractivity contribution in [3.63, 3.8) is 0 Å². The van der Waals surface area contributed by atoms with Crippen LogP contribution in [0.5, 0.6) is 0 Å². The molecule has 0 saturated heterocycles. The first-order valence-corrected chi connectivity index (χ1v) is 12.0. The van der Waals surface area contributed by atoms with Crippen molar-refractivity contribution in [3.05, 3.63) is 42.7 Å². The fourth-order valence-electron chi connectivity index (χ4n) is 4.05. The molecule has 2 aromatic rings. The maximum atomic E-state index is 2.48. The van der Waals surface area contributed by atoms with Crippen molar-refractivity contribution in [2.45, 2.75) is 110 Å². The van der Waals surface area contributed by atoms with Crippen LogP contribution in [0.2, 0.25) is 0 Å². The zero-order chi connectivity index (χ0) is 19.9. The normalized spacial score (nSPS) is 11.2. The molecular formula is C26H43N2+. The molecule has 0 saturated carbocycles. The molecule has 0 spiro atoms. The molecule has 0 unspecified atom stereocenters. The van der Waals surface area contributed by atoms with Gasteiger partial charge in [0.2, 0.25) is 0 Å². The first-order valence-electron chi connectivity index (χ1n) is 12.0. The summed E-state index contributed by atoms with van der Waals surface area (Å²) >= 11 is 0. The minimum atomic E-state index is 1.13. The highest BCUT2D eigenvalue weighted by molar-refractivity contribution is 5.52. The molecule has 1 aromatic carbocycles. The average Bonchev–Trinajstić information content (AvgIpc) is 3.13. The summed E-state index contributed by atoms with van der Waals surface area (Å²) in [5.41, 5.74) is 1.35. The number of nitrogens with zero attached hydrogens (tertiary/aromatic N) is 2. The summed E-state index contributed by atoms with van der Waals surface area (Å²) in [6, 6.07) is 10.9. The number of imidazole rings is 1. The van der Waals surface area contributed by atoms with E-state index < -0.39 is 0 Å². The largest absolute Gasteiger partial charge is 0.288 e. The maximum absolute atomic E-state index is 2.48. The highest BCUT2D eigenvalue weighted by Gasteiger charge is 2.18. The monoisotopic (exact) mass is 383 g/mol. The summed E-state index contributed by atoms with van der Waals surface area (Å²) in [5.74, 6) is 1.39. The molecule has 0 fully saturated rings. The number of benzene rings is 1. The van der Waals surface area contributed by atoms with Crippen molar-refractivity contribution in [2.24, 2.45) is 0 Å². The maximum Gasteiger partial charge on any atom is 0.288 e. The number of rotatable bonds is 16. The lowest BCUT2D eigenvalue weighted by molar-refractivity contribution is -0.686. The second-order valence-corrected chi connectivity index (χ2v) is 8.26. The predicted octanol–water partition coefficient (Wildman–Crippen LogP) is 7.55. The summed E-state index contributed by atoms with van der Waals surface area (Å²) in [6.07, 6.45) is 22.4. The highest BCUT2D eigenvalue weighted by Crippen LogP contribution is 2.18. The number of aromatic nitrogens is 2. The van der Waals surface area contributed by atoms with E-state index in [1.54, 1.807) is 0 Å². The Balaban J connectivity index is 1.83. The molecule has 2 rings (SSSR count). The van der Waals surface area contributed by atoms with E-state index in [1.165, 1.54) is 94.9 Å². The molecule has 0 aliphatic rings. The molecule has 156 valence electrons. The van der Waals surface area contributed by atoms with Gasteiger partial charge in [0.15, 0.2) is 0 Å².